The van der Waals surface area contributed by atoms with Crippen molar-refractivity contribution in [1.82, 2.24) is 20.0 Å². The second kappa shape index (κ2) is 8.98. The minimum atomic E-state index is 0.631. The lowest BCUT2D eigenvalue weighted by atomic mass is 10.3. The first-order chi connectivity index (χ1) is 11.2. The van der Waals surface area contributed by atoms with Gasteiger partial charge in [0.1, 0.15) is 0 Å². The van der Waals surface area contributed by atoms with Crippen LogP contribution in [0.1, 0.15) is 32.3 Å². The lowest BCUT2D eigenvalue weighted by molar-refractivity contribution is 0.465. The van der Waals surface area contributed by atoms with Gasteiger partial charge < -0.3 is 10.2 Å². The van der Waals surface area contributed by atoms with Crippen molar-refractivity contribution in [1.29, 1.82) is 0 Å². The lowest BCUT2D eigenvalue weighted by Gasteiger charge is -2.21. The van der Waals surface area contributed by atoms with E-state index in [1.807, 2.05) is 47.4 Å². The quantitative estimate of drug-likeness (QED) is 0.631. The summed E-state index contributed by atoms with van der Waals surface area (Å²) in [5.41, 5.74) is 2.17. The minimum absolute atomic E-state index is 0.631. The van der Waals surface area contributed by atoms with Crippen molar-refractivity contribution < 1.29 is 0 Å². The summed E-state index contributed by atoms with van der Waals surface area (Å²) in [5, 5.41) is 7.77. The number of nitrogens with zero attached hydrogens (tertiary/aromatic N) is 4. The molecule has 124 valence electrons. The number of guanidine groups is 1. The Kier molecular flexibility index (Phi) is 6.66. The van der Waals surface area contributed by atoms with Crippen LogP contribution in [0.2, 0.25) is 0 Å². The molecule has 0 aliphatic carbocycles. The fraction of sp³-hybridized carbons (Fsp3) is 0.444. The first-order valence-electron chi connectivity index (χ1n) is 8.33. The molecule has 0 aliphatic heterocycles. The van der Waals surface area contributed by atoms with E-state index in [1.165, 1.54) is 12.8 Å². The second-order valence-corrected chi connectivity index (χ2v) is 5.57. The number of rotatable bonds is 7. The van der Waals surface area contributed by atoms with Crippen molar-refractivity contribution in [3.8, 4) is 5.69 Å². The van der Waals surface area contributed by atoms with Crippen LogP contribution < -0.4 is 5.32 Å². The van der Waals surface area contributed by atoms with E-state index >= 15 is 0 Å². The average Bonchev–Trinajstić information content (AvgIpc) is 3.06. The Balaban J connectivity index is 2.03. The fourth-order valence-electron chi connectivity index (χ4n) is 2.30. The third kappa shape index (κ3) is 5.13. The van der Waals surface area contributed by atoms with Gasteiger partial charge in [-0.2, -0.15) is 5.10 Å². The normalized spacial score (nSPS) is 11.5. The van der Waals surface area contributed by atoms with Crippen LogP contribution in [-0.4, -0.2) is 40.8 Å². The minimum Gasteiger partial charge on any atom is -0.357 e. The zero-order chi connectivity index (χ0) is 16.5. The molecule has 1 aromatic carbocycles. The van der Waals surface area contributed by atoms with E-state index in [-0.39, 0.29) is 0 Å². The molecule has 1 N–H and O–H groups in total. The molecule has 0 saturated heterocycles. The van der Waals surface area contributed by atoms with Crippen LogP contribution in [0.25, 0.3) is 5.69 Å². The van der Waals surface area contributed by atoms with Crippen molar-refractivity contribution in [3.63, 3.8) is 0 Å². The molecule has 0 saturated carbocycles. The molecular weight excluding hydrogens is 286 g/mol. The highest BCUT2D eigenvalue weighted by atomic mass is 15.3. The Morgan fingerprint density at radius 1 is 1.26 bits per heavy atom. The summed E-state index contributed by atoms with van der Waals surface area (Å²) in [6.07, 6.45) is 6.28. The van der Waals surface area contributed by atoms with Gasteiger partial charge in [0.05, 0.1) is 18.4 Å². The number of hydrogen-bond acceptors (Lipinski definition) is 2. The first kappa shape index (κ1) is 17.1. The Labute approximate surface area is 139 Å². The van der Waals surface area contributed by atoms with Gasteiger partial charge in [0.2, 0.25) is 0 Å². The Bertz CT molecular complexity index is 603. The topological polar surface area (TPSA) is 45.5 Å². The lowest BCUT2D eigenvalue weighted by Crippen LogP contribution is -2.39. The standard InChI is InChI=1S/C18H27N5/c1-4-6-12-22(3)18(19-5-2)20-13-16-14-21-23(15-16)17-10-8-7-9-11-17/h7-11,14-15H,4-6,12-13H2,1-3H3,(H,19,20). The molecule has 0 bridgehead atoms. The summed E-state index contributed by atoms with van der Waals surface area (Å²) in [4.78, 5) is 6.91. The number of aromatic nitrogens is 2. The third-order valence-electron chi connectivity index (χ3n) is 3.61. The Hall–Kier alpha value is -2.30. The third-order valence-corrected chi connectivity index (χ3v) is 3.61. The van der Waals surface area contributed by atoms with Gasteiger partial charge >= 0.3 is 0 Å². The molecule has 5 heteroatoms. The number of aliphatic imine (C=N–C) groups is 1. The molecule has 1 heterocycles. The van der Waals surface area contributed by atoms with Crippen LogP contribution in [0.3, 0.4) is 0 Å². The van der Waals surface area contributed by atoms with Crippen LogP contribution >= 0.6 is 0 Å². The molecule has 0 spiro atoms. The van der Waals surface area contributed by atoms with E-state index in [4.69, 9.17) is 4.99 Å². The predicted octanol–water partition coefficient (Wildman–Crippen LogP) is 3.07. The molecule has 5 nitrogen and oxygen atoms in total. The average molecular weight is 313 g/mol. The summed E-state index contributed by atoms with van der Waals surface area (Å²) in [6, 6.07) is 10.1. The fourth-order valence-corrected chi connectivity index (χ4v) is 2.30. The molecule has 0 radical (unpaired) electrons. The zero-order valence-corrected chi connectivity index (χ0v) is 14.4. The van der Waals surface area contributed by atoms with Gasteiger partial charge in [-0.1, -0.05) is 31.5 Å². The maximum absolute atomic E-state index is 4.72. The SMILES string of the molecule is CCCCN(C)C(=NCc1cnn(-c2ccccc2)c1)NCC. The largest absolute Gasteiger partial charge is 0.357 e. The molecule has 2 aromatic rings. The van der Waals surface area contributed by atoms with Crippen molar-refractivity contribution in [2.24, 2.45) is 4.99 Å². The van der Waals surface area contributed by atoms with Crippen molar-refractivity contribution in [2.75, 3.05) is 20.1 Å². The van der Waals surface area contributed by atoms with Gasteiger partial charge in [-0.05, 0) is 25.5 Å². The van der Waals surface area contributed by atoms with Gasteiger partial charge in [-0.15, -0.1) is 0 Å². The van der Waals surface area contributed by atoms with E-state index in [0.29, 0.717) is 6.54 Å². The van der Waals surface area contributed by atoms with Gasteiger partial charge in [-0.25, -0.2) is 9.67 Å². The van der Waals surface area contributed by atoms with Crippen LogP contribution in [0.4, 0.5) is 0 Å². The number of nitrogens with one attached hydrogen (secondary N) is 1. The van der Waals surface area contributed by atoms with Gasteiger partial charge in [-0.3, -0.25) is 0 Å². The van der Waals surface area contributed by atoms with Crippen molar-refractivity contribution in [3.05, 3.63) is 48.3 Å². The monoisotopic (exact) mass is 313 g/mol. The van der Waals surface area contributed by atoms with Crippen molar-refractivity contribution in [2.45, 2.75) is 33.2 Å². The van der Waals surface area contributed by atoms with E-state index in [2.05, 4.69) is 36.2 Å². The van der Waals surface area contributed by atoms with Crippen LogP contribution in [0.15, 0.2) is 47.7 Å². The molecule has 0 atom stereocenters. The van der Waals surface area contributed by atoms with Crippen molar-refractivity contribution >= 4 is 5.96 Å². The molecule has 0 fully saturated rings. The second-order valence-electron chi connectivity index (χ2n) is 5.57. The molecule has 2 rings (SSSR count). The number of unbranched alkanes of at least 4 members (excludes halogenated alkanes) is 1. The van der Waals surface area contributed by atoms with Gasteiger partial charge in [0, 0.05) is 31.9 Å². The molecular formula is C18H27N5. The molecule has 0 aliphatic rings. The Morgan fingerprint density at radius 2 is 2.04 bits per heavy atom. The highest BCUT2D eigenvalue weighted by molar-refractivity contribution is 5.79. The van der Waals surface area contributed by atoms with Crippen LogP contribution in [0.5, 0.6) is 0 Å². The maximum Gasteiger partial charge on any atom is 0.193 e. The van der Waals surface area contributed by atoms with Gasteiger partial charge in [0.25, 0.3) is 0 Å². The van der Waals surface area contributed by atoms with Crippen LogP contribution in [0, 0.1) is 0 Å². The highest BCUT2D eigenvalue weighted by Crippen LogP contribution is 2.08. The van der Waals surface area contributed by atoms with E-state index in [0.717, 1.165) is 30.3 Å². The van der Waals surface area contributed by atoms with E-state index < -0.39 is 0 Å². The first-order valence-corrected chi connectivity index (χ1v) is 8.33. The zero-order valence-electron chi connectivity index (χ0n) is 14.4. The molecule has 0 unspecified atom stereocenters. The van der Waals surface area contributed by atoms with E-state index in [1.54, 1.807) is 0 Å². The number of benzene rings is 1. The highest BCUT2D eigenvalue weighted by Gasteiger charge is 2.05. The van der Waals surface area contributed by atoms with E-state index in [9.17, 15) is 0 Å². The summed E-state index contributed by atoms with van der Waals surface area (Å²) in [5.74, 6) is 0.952. The molecule has 0 amide bonds. The summed E-state index contributed by atoms with van der Waals surface area (Å²) < 4.78 is 1.89. The maximum atomic E-state index is 4.72. The molecule has 23 heavy (non-hydrogen) atoms. The predicted molar refractivity (Wildman–Crippen MR) is 95.9 cm³/mol. The summed E-state index contributed by atoms with van der Waals surface area (Å²) in [6.45, 7) is 6.82. The smallest absolute Gasteiger partial charge is 0.193 e. The summed E-state index contributed by atoms with van der Waals surface area (Å²) >= 11 is 0. The van der Waals surface area contributed by atoms with Gasteiger partial charge in [0.15, 0.2) is 5.96 Å². The van der Waals surface area contributed by atoms with Crippen LogP contribution in [-0.2, 0) is 6.54 Å². The summed E-state index contributed by atoms with van der Waals surface area (Å²) in [7, 11) is 2.09. The number of hydrogen-bond donors (Lipinski definition) is 1. The molecule has 1 aromatic heterocycles. The Morgan fingerprint density at radius 3 is 2.74 bits per heavy atom. The number of para-hydroxylation sites is 1.